The van der Waals surface area contributed by atoms with Crippen LogP contribution in [-0.4, -0.2) is 35.8 Å². The third kappa shape index (κ3) is 4.46. The number of aryl methyl sites for hydroxylation is 2. The Morgan fingerprint density at radius 3 is 2.52 bits per heavy atom. The topological polar surface area (TPSA) is 103 Å². The maximum atomic E-state index is 12.3. The van der Waals surface area contributed by atoms with Crippen molar-refractivity contribution in [3.05, 3.63) is 78.1 Å². The zero-order valence-corrected chi connectivity index (χ0v) is 16.1. The van der Waals surface area contributed by atoms with Crippen molar-refractivity contribution >= 4 is 17.4 Å². The number of nitrogens with one attached hydrogen (secondary N) is 2. The van der Waals surface area contributed by atoms with Crippen molar-refractivity contribution in [2.75, 3.05) is 10.6 Å². The number of hydrogen-bond donors (Lipinski definition) is 2. The third-order valence-corrected chi connectivity index (χ3v) is 4.29. The molecular weight excluding hydrogens is 368 g/mol. The second kappa shape index (κ2) is 7.93. The van der Waals surface area contributed by atoms with E-state index < -0.39 is 0 Å². The van der Waals surface area contributed by atoms with Crippen LogP contribution < -0.4 is 10.6 Å². The maximum Gasteiger partial charge on any atom is 0.323 e. The van der Waals surface area contributed by atoms with E-state index in [1.807, 2.05) is 67.1 Å². The van der Waals surface area contributed by atoms with Crippen LogP contribution in [0.1, 0.15) is 17.2 Å². The normalized spacial score (nSPS) is 10.7. The Morgan fingerprint density at radius 1 is 1.03 bits per heavy atom. The average molecular weight is 388 g/mol. The molecule has 0 fully saturated rings. The zero-order chi connectivity index (χ0) is 20.2. The van der Waals surface area contributed by atoms with E-state index in [2.05, 4.69) is 31.0 Å². The van der Waals surface area contributed by atoms with Crippen LogP contribution in [0.25, 0.3) is 5.69 Å². The minimum absolute atomic E-state index is 0.316. The van der Waals surface area contributed by atoms with Crippen LogP contribution in [0, 0.1) is 13.8 Å². The van der Waals surface area contributed by atoms with Gasteiger partial charge >= 0.3 is 6.03 Å². The predicted molar refractivity (Wildman–Crippen MR) is 109 cm³/mol. The maximum absolute atomic E-state index is 12.3. The van der Waals surface area contributed by atoms with Crippen molar-refractivity contribution < 1.29 is 4.79 Å². The van der Waals surface area contributed by atoms with Gasteiger partial charge in [-0.1, -0.05) is 17.3 Å². The van der Waals surface area contributed by atoms with Crippen molar-refractivity contribution in [1.29, 1.82) is 0 Å². The fourth-order valence-corrected chi connectivity index (χ4v) is 2.97. The summed E-state index contributed by atoms with van der Waals surface area (Å²) in [5.41, 5.74) is 3.26. The molecule has 0 saturated heterocycles. The van der Waals surface area contributed by atoms with Gasteiger partial charge in [0, 0.05) is 11.4 Å². The van der Waals surface area contributed by atoms with Gasteiger partial charge in [0.05, 0.1) is 24.6 Å². The van der Waals surface area contributed by atoms with Crippen molar-refractivity contribution in [3.63, 3.8) is 0 Å². The van der Waals surface area contributed by atoms with Gasteiger partial charge in [-0.25, -0.2) is 19.1 Å². The molecule has 0 aliphatic heterocycles. The number of nitrogens with zero attached hydrogens (tertiary/aromatic N) is 6. The van der Waals surface area contributed by atoms with Crippen LogP contribution in [-0.2, 0) is 6.54 Å². The summed E-state index contributed by atoms with van der Waals surface area (Å²) in [7, 11) is 0. The predicted octanol–water partition coefficient (Wildman–Crippen LogP) is 3.17. The zero-order valence-electron chi connectivity index (χ0n) is 16.1. The summed E-state index contributed by atoms with van der Waals surface area (Å²) >= 11 is 0. The molecule has 2 aromatic heterocycles. The molecule has 4 rings (SSSR count). The summed E-state index contributed by atoms with van der Waals surface area (Å²) in [6, 6.07) is 14.7. The molecular formula is C20H20N8O. The summed E-state index contributed by atoms with van der Waals surface area (Å²) in [4.78, 5) is 16.7. The first-order valence-electron chi connectivity index (χ1n) is 9.08. The molecule has 0 saturated carbocycles. The van der Waals surface area contributed by atoms with Gasteiger partial charge in [0.25, 0.3) is 0 Å². The van der Waals surface area contributed by atoms with Gasteiger partial charge in [-0.15, -0.1) is 5.10 Å². The fraction of sp³-hybridized carbons (Fsp3) is 0.150. The van der Waals surface area contributed by atoms with Crippen molar-refractivity contribution in [3.8, 4) is 5.69 Å². The first-order valence-corrected chi connectivity index (χ1v) is 9.08. The van der Waals surface area contributed by atoms with Crippen molar-refractivity contribution in [2.45, 2.75) is 20.4 Å². The van der Waals surface area contributed by atoms with Crippen LogP contribution >= 0.6 is 0 Å². The monoisotopic (exact) mass is 388 g/mol. The molecule has 0 unspecified atom stereocenters. The molecule has 2 aromatic carbocycles. The highest BCUT2D eigenvalue weighted by atomic mass is 16.2. The number of urea groups is 1. The highest BCUT2D eigenvalue weighted by Gasteiger charge is 2.07. The first-order chi connectivity index (χ1) is 14.1. The van der Waals surface area contributed by atoms with Gasteiger partial charge in [0.2, 0.25) is 0 Å². The van der Waals surface area contributed by atoms with E-state index in [4.69, 9.17) is 0 Å². The molecule has 9 heteroatoms. The molecule has 0 bridgehead atoms. The van der Waals surface area contributed by atoms with Crippen molar-refractivity contribution in [1.82, 2.24) is 29.8 Å². The highest BCUT2D eigenvalue weighted by molar-refractivity contribution is 5.99. The first kappa shape index (κ1) is 18.4. The lowest BCUT2D eigenvalue weighted by Gasteiger charge is -2.10. The molecule has 2 amide bonds. The standard InChI is InChI=1S/C20H20N8O/c1-14-22-15(2)28(25-14)13-16-4-3-5-18(12-16)24-20(29)23-17-6-8-19(9-7-17)27-11-10-21-26-27/h3-12H,13H2,1-2H3,(H2,23,24,29). The molecule has 0 aliphatic carbocycles. The molecule has 0 atom stereocenters. The Hall–Kier alpha value is -4.01. The highest BCUT2D eigenvalue weighted by Crippen LogP contribution is 2.15. The SMILES string of the molecule is Cc1nc(C)n(Cc2cccc(NC(=O)Nc3ccc(-n4ccnn4)cc3)c2)n1. The quantitative estimate of drug-likeness (QED) is 0.547. The minimum atomic E-state index is -0.316. The Kier molecular flexibility index (Phi) is 5.02. The Bertz CT molecular complexity index is 1120. The molecule has 2 heterocycles. The molecule has 0 spiro atoms. The number of amides is 2. The lowest BCUT2D eigenvalue weighted by Crippen LogP contribution is -2.19. The summed E-state index contributed by atoms with van der Waals surface area (Å²) in [6.07, 6.45) is 3.36. The van der Waals surface area contributed by atoms with Crippen LogP contribution in [0.3, 0.4) is 0 Å². The summed E-state index contributed by atoms with van der Waals surface area (Å²) in [6.45, 7) is 4.38. The largest absolute Gasteiger partial charge is 0.323 e. The van der Waals surface area contributed by atoms with E-state index in [9.17, 15) is 4.79 Å². The van der Waals surface area contributed by atoms with Gasteiger partial charge in [-0.3, -0.25) is 0 Å². The van der Waals surface area contributed by atoms with E-state index in [1.54, 1.807) is 17.1 Å². The van der Waals surface area contributed by atoms with Crippen molar-refractivity contribution in [2.24, 2.45) is 0 Å². The third-order valence-electron chi connectivity index (χ3n) is 4.29. The molecule has 0 aliphatic rings. The molecule has 2 N–H and O–H groups in total. The molecule has 4 aromatic rings. The number of hydrogen-bond acceptors (Lipinski definition) is 5. The second-order valence-corrected chi connectivity index (χ2v) is 6.54. The van der Waals surface area contributed by atoms with Gasteiger partial charge < -0.3 is 10.6 Å². The number of anilines is 2. The van der Waals surface area contributed by atoms with E-state index in [1.165, 1.54) is 0 Å². The number of benzene rings is 2. The number of carbonyl (C=O) groups is 1. The minimum Gasteiger partial charge on any atom is -0.308 e. The number of carbonyl (C=O) groups excluding carboxylic acids is 1. The van der Waals surface area contributed by atoms with Crippen LogP contribution in [0.4, 0.5) is 16.2 Å². The molecule has 0 radical (unpaired) electrons. The number of aromatic nitrogens is 6. The second-order valence-electron chi connectivity index (χ2n) is 6.54. The summed E-state index contributed by atoms with van der Waals surface area (Å²) < 4.78 is 3.48. The Balaban J connectivity index is 1.39. The van der Waals surface area contributed by atoms with Gasteiger partial charge in [0.15, 0.2) is 0 Å². The summed E-state index contributed by atoms with van der Waals surface area (Å²) in [5.74, 6) is 1.60. The smallest absolute Gasteiger partial charge is 0.308 e. The lowest BCUT2D eigenvalue weighted by atomic mass is 10.2. The fourth-order valence-electron chi connectivity index (χ4n) is 2.97. The van der Waals surface area contributed by atoms with E-state index in [0.29, 0.717) is 17.9 Å². The van der Waals surface area contributed by atoms with E-state index >= 15 is 0 Å². The molecule has 29 heavy (non-hydrogen) atoms. The Morgan fingerprint density at radius 2 is 1.83 bits per heavy atom. The lowest BCUT2D eigenvalue weighted by molar-refractivity contribution is 0.262. The van der Waals surface area contributed by atoms with Crippen LogP contribution in [0.2, 0.25) is 0 Å². The molecule has 146 valence electrons. The van der Waals surface area contributed by atoms with E-state index in [-0.39, 0.29) is 6.03 Å². The van der Waals surface area contributed by atoms with Crippen LogP contribution in [0.5, 0.6) is 0 Å². The van der Waals surface area contributed by atoms with Gasteiger partial charge in [-0.05, 0) is 55.8 Å². The number of rotatable bonds is 5. The molecule has 9 nitrogen and oxygen atoms in total. The average Bonchev–Trinajstić information content (AvgIpc) is 3.33. The van der Waals surface area contributed by atoms with Gasteiger partial charge in [0.1, 0.15) is 11.6 Å². The van der Waals surface area contributed by atoms with E-state index in [0.717, 1.165) is 22.9 Å². The van der Waals surface area contributed by atoms with Gasteiger partial charge in [-0.2, -0.15) is 5.10 Å². The Labute approximate surface area is 167 Å². The summed E-state index contributed by atoms with van der Waals surface area (Å²) in [5, 5.41) is 17.8. The van der Waals surface area contributed by atoms with Crippen LogP contribution in [0.15, 0.2) is 60.9 Å².